The second-order valence-electron chi connectivity index (χ2n) is 6.54. The van der Waals surface area contributed by atoms with Crippen LogP contribution in [-0.4, -0.2) is 20.0 Å². The number of aliphatic hydroxyl groups is 1. The summed E-state index contributed by atoms with van der Waals surface area (Å²) in [6.45, 7) is 14.0. The molecule has 1 aromatic carbocycles. The number of rotatable bonds is 7. The van der Waals surface area contributed by atoms with Crippen molar-refractivity contribution in [3.05, 3.63) is 29.8 Å². The molecule has 0 amide bonds. The molecule has 1 N–H and O–H groups in total. The third kappa shape index (κ3) is 3.64. The van der Waals surface area contributed by atoms with E-state index in [4.69, 9.17) is 9.53 Å². The Hall–Kier alpha value is -0.803. The van der Waals surface area contributed by atoms with Crippen molar-refractivity contribution in [3.63, 3.8) is 0 Å². The topological polar surface area (TPSA) is 29.5 Å². The van der Waals surface area contributed by atoms with Crippen LogP contribution in [0.1, 0.15) is 47.1 Å². The van der Waals surface area contributed by atoms with Gasteiger partial charge in [0.2, 0.25) is 0 Å². The molecular formula is C17H30O2Si. The Kier molecular flexibility index (Phi) is 6.27. The monoisotopic (exact) mass is 294 g/mol. The molecule has 0 saturated carbocycles. The maximum atomic E-state index is 9.08. The van der Waals surface area contributed by atoms with Crippen molar-refractivity contribution in [2.45, 2.75) is 64.6 Å². The van der Waals surface area contributed by atoms with Crippen LogP contribution in [0.3, 0.4) is 0 Å². The van der Waals surface area contributed by atoms with E-state index in [1.165, 1.54) is 0 Å². The lowest BCUT2D eigenvalue weighted by Crippen LogP contribution is -2.50. The van der Waals surface area contributed by atoms with E-state index in [2.05, 4.69) is 53.7 Å². The molecule has 0 unspecified atom stereocenters. The molecule has 20 heavy (non-hydrogen) atoms. The minimum absolute atomic E-state index is 0.185. The standard InChI is InChI=1S/C17H30O2Si/c1-13(2)20(14(3)4,15(5)6)19-17-9-7-8-16(12-17)10-11-18/h7-9,12-15,18H,10-11H2,1-6H3. The summed E-state index contributed by atoms with van der Waals surface area (Å²) in [7, 11) is -1.88. The van der Waals surface area contributed by atoms with E-state index in [1.807, 2.05) is 12.1 Å². The van der Waals surface area contributed by atoms with Gasteiger partial charge in [-0.05, 0) is 40.7 Å². The zero-order valence-electron chi connectivity index (χ0n) is 13.8. The first-order valence-corrected chi connectivity index (χ1v) is 9.87. The summed E-state index contributed by atoms with van der Waals surface area (Å²) < 4.78 is 6.63. The SMILES string of the molecule is CC(C)[Si](Oc1cccc(CCO)c1)(C(C)C)C(C)C. The number of benzene rings is 1. The first kappa shape index (κ1) is 17.2. The Morgan fingerprint density at radius 2 is 1.55 bits per heavy atom. The number of hydrogen-bond donors (Lipinski definition) is 1. The Morgan fingerprint density at radius 1 is 1.00 bits per heavy atom. The van der Waals surface area contributed by atoms with E-state index < -0.39 is 8.32 Å². The van der Waals surface area contributed by atoms with Crippen LogP contribution in [0.2, 0.25) is 16.6 Å². The Labute approximate surface area is 125 Å². The Balaban J connectivity index is 3.09. The van der Waals surface area contributed by atoms with Crippen LogP contribution in [0.4, 0.5) is 0 Å². The van der Waals surface area contributed by atoms with Crippen molar-refractivity contribution < 1.29 is 9.53 Å². The highest BCUT2D eigenvalue weighted by molar-refractivity contribution is 6.78. The summed E-state index contributed by atoms with van der Waals surface area (Å²) in [5, 5.41) is 9.08. The van der Waals surface area contributed by atoms with Gasteiger partial charge in [0.25, 0.3) is 8.32 Å². The molecule has 0 aliphatic carbocycles. The smallest absolute Gasteiger partial charge is 0.258 e. The van der Waals surface area contributed by atoms with E-state index in [0.29, 0.717) is 23.0 Å². The second-order valence-corrected chi connectivity index (χ2v) is 11.9. The molecule has 0 spiro atoms. The van der Waals surface area contributed by atoms with Gasteiger partial charge in [0, 0.05) is 6.61 Å². The van der Waals surface area contributed by atoms with Crippen LogP contribution < -0.4 is 4.43 Å². The summed E-state index contributed by atoms with van der Waals surface area (Å²) in [4.78, 5) is 0. The fourth-order valence-electron chi connectivity index (χ4n) is 3.45. The van der Waals surface area contributed by atoms with E-state index in [9.17, 15) is 0 Å². The molecule has 0 heterocycles. The van der Waals surface area contributed by atoms with Gasteiger partial charge >= 0.3 is 0 Å². The fourth-order valence-corrected chi connectivity index (χ4v) is 8.69. The third-order valence-corrected chi connectivity index (χ3v) is 10.3. The highest BCUT2D eigenvalue weighted by Crippen LogP contribution is 2.42. The molecule has 1 rings (SSSR count). The molecule has 0 saturated heterocycles. The first-order chi connectivity index (χ1) is 9.34. The predicted octanol–water partition coefficient (Wildman–Crippen LogP) is 4.78. The molecule has 0 radical (unpaired) electrons. The van der Waals surface area contributed by atoms with Crippen molar-refractivity contribution in [1.29, 1.82) is 0 Å². The third-order valence-electron chi connectivity index (χ3n) is 4.30. The maximum absolute atomic E-state index is 9.08. The van der Waals surface area contributed by atoms with Crippen molar-refractivity contribution in [2.75, 3.05) is 6.61 Å². The van der Waals surface area contributed by atoms with Crippen molar-refractivity contribution in [2.24, 2.45) is 0 Å². The molecule has 1 aromatic rings. The molecule has 114 valence electrons. The second kappa shape index (κ2) is 7.28. The fraction of sp³-hybridized carbons (Fsp3) is 0.647. The summed E-state index contributed by atoms with van der Waals surface area (Å²) >= 11 is 0. The van der Waals surface area contributed by atoms with Gasteiger partial charge in [-0.25, -0.2) is 0 Å². The summed E-state index contributed by atoms with van der Waals surface area (Å²) in [5.41, 5.74) is 2.86. The van der Waals surface area contributed by atoms with Gasteiger partial charge in [-0.15, -0.1) is 0 Å². The molecule has 0 aliphatic rings. The predicted molar refractivity (Wildman–Crippen MR) is 88.9 cm³/mol. The lowest BCUT2D eigenvalue weighted by Gasteiger charge is -2.42. The molecule has 0 fully saturated rings. The van der Waals surface area contributed by atoms with Crippen LogP contribution in [0.25, 0.3) is 0 Å². The zero-order chi connectivity index (χ0) is 15.3. The van der Waals surface area contributed by atoms with E-state index >= 15 is 0 Å². The quantitative estimate of drug-likeness (QED) is 0.734. The zero-order valence-corrected chi connectivity index (χ0v) is 14.8. The van der Waals surface area contributed by atoms with E-state index in [0.717, 1.165) is 11.3 Å². The lowest BCUT2D eigenvalue weighted by molar-refractivity contribution is 0.299. The minimum atomic E-state index is -1.88. The molecule has 0 bridgehead atoms. The van der Waals surface area contributed by atoms with Gasteiger partial charge in [-0.2, -0.15) is 0 Å². The average molecular weight is 295 g/mol. The largest absolute Gasteiger partial charge is 0.543 e. The average Bonchev–Trinajstić information content (AvgIpc) is 2.35. The molecule has 0 aliphatic heterocycles. The van der Waals surface area contributed by atoms with Crippen molar-refractivity contribution >= 4 is 8.32 Å². The van der Waals surface area contributed by atoms with Crippen molar-refractivity contribution in [3.8, 4) is 5.75 Å². The van der Waals surface area contributed by atoms with E-state index in [-0.39, 0.29) is 6.61 Å². The highest BCUT2D eigenvalue weighted by atomic mass is 28.4. The Morgan fingerprint density at radius 3 is 2.00 bits per heavy atom. The van der Waals surface area contributed by atoms with Crippen LogP contribution >= 0.6 is 0 Å². The summed E-state index contributed by atoms with van der Waals surface area (Å²) in [5.74, 6) is 0.971. The maximum Gasteiger partial charge on any atom is 0.258 e. The molecule has 2 nitrogen and oxygen atoms in total. The lowest BCUT2D eigenvalue weighted by atomic mass is 10.1. The molecular weight excluding hydrogens is 264 g/mol. The van der Waals surface area contributed by atoms with Gasteiger partial charge in [-0.3, -0.25) is 0 Å². The van der Waals surface area contributed by atoms with E-state index in [1.54, 1.807) is 0 Å². The van der Waals surface area contributed by atoms with Gasteiger partial charge in [0.15, 0.2) is 0 Å². The van der Waals surface area contributed by atoms with Crippen LogP contribution in [0, 0.1) is 0 Å². The number of aliphatic hydroxyl groups excluding tert-OH is 1. The minimum Gasteiger partial charge on any atom is -0.543 e. The van der Waals surface area contributed by atoms with Crippen molar-refractivity contribution in [1.82, 2.24) is 0 Å². The van der Waals surface area contributed by atoms with Crippen LogP contribution in [0.15, 0.2) is 24.3 Å². The Bertz CT molecular complexity index is 391. The molecule has 3 heteroatoms. The summed E-state index contributed by atoms with van der Waals surface area (Å²) in [6.07, 6.45) is 0.691. The van der Waals surface area contributed by atoms with Gasteiger partial charge in [0.1, 0.15) is 5.75 Å². The van der Waals surface area contributed by atoms with Gasteiger partial charge < -0.3 is 9.53 Å². The molecule has 0 atom stereocenters. The summed E-state index contributed by atoms with van der Waals surface area (Å²) in [6, 6.07) is 8.22. The van der Waals surface area contributed by atoms with Gasteiger partial charge in [0.05, 0.1) is 0 Å². The highest BCUT2D eigenvalue weighted by Gasteiger charge is 2.46. The first-order valence-electron chi connectivity index (χ1n) is 7.73. The van der Waals surface area contributed by atoms with Crippen LogP contribution in [-0.2, 0) is 6.42 Å². The normalized spacial score (nSPS) is 12.5. The van der Waals surface area contributed by atoms with Crippen LogP contribution in [0.5, 0.6) is 5.75 Å². The molecule has 0 aromatic heterocycles. The number of hydrogen-bond acceptors (Lipinski definition) is 2. The van der Waals surface area contributed by atoms with Gasteiger partial charge in [-0.1, -0.05) is 53.7 Å².